The number of aromatic amines is 1. The molecule has 2 heterocycles. The lowest BCUT2D eigenvalue weighted by molar-refractivity contribution is -0.141. The molecule has 1 aliphatic heterocycles. The number of nitrogens with zero attached hydrogens (tertiary/aromatic N) is 3. The van der Waals surface area contributed by atoms with Gasteiger partial charge in [0.05, 0.1) is 23.2 Å². The van der Waals surface area contributed by atoms with Gasteiger partial charge in [0.1, 0.15) is 0 Å². The monoisotopic (exact) mass is 503 g/mol. The normalized spacial score (nSPS) is 14.7. The molecule has 0 aliphatic carbocycles. The number of rotatable bonds is 6. The number of fused-ring (bicyclic) bond motifs is 1. The Kier molecular flexibility index (Phi) is 7.13. The summed E-state index contributed by atoms with van der Waals surface area (Å²) >= 11 is 0. The molecular formula is C24H24F3N5O4. The Bertz CT molecular complexity index is 1380. The molecule has 4 rings (SSSR count). The SMILES string of the molecule is CC(=O)OCCCn1/c(=N/C(=O)c2cccc(C(F)(F)F)c2)[nH]c2cc(N3CCCNC3=O)ccc21. The van der Waals surface area contributed by atoms with Crippen LogP contribution in [0.1, 0.15) is 35.7 Å². The number of carbonyl (C=O) groups excluding carboxylic acids is 3. The Balaban J connectivity index is 1.73. The van der Waals surface area contributed by atoms with Crippen molar-refractivity contribution in [3.8, 4) is 0 Å². The van der Waals surface area contributed by atoms with Crippen LogP contribution in [0.5, 0.6) is 0 Å². The van der Waals surface area contributed by atoms with Crippen LogP contribution in [0.25, 0.3) is 11.0 Å². The predicted octanol–water partition coefficient (Wildman–Crippen LogP) is 3.60. The van der Waals surface area contributed by atoms with Crippen LogP contribution in [-0.4, -0.2) is 47.2 Å². The number of urea groups is 1. The van der Waals surface area contributed by atoms with Crippen LogP contribution in [0.4, 0.5) is 23.7 Å². The minimum absolute atomic E-state index is 0.121. The third-order valence-electron chi connectivity index (χ3n) is 5.64. The van der Waals surface area contributed by atoms with E-state index in [0.29, 0.717) is 42.8 Å². The number of esters is 1. The fourth-order valence-electron chi connectivity index (χ4n) is 3.95. The van der Waals surface area contributed by atoms with Crippen molar-refractivity contribution < 1.29 is 32.3 Å². The minimum atomic E-state index is -4.59. The molecule has 3 aromatic rings. The first-order chi connectivity index (χ1) is 17.1. The fraction of sp³-hybridized carbons (Fsp3) is 0.333. The molecule has 190 valence electrons. The highest BCUT2D eigenvalue weighted by atomic mass is 19.4. The summed E-state index contributed by atoms with van der Waals surface area (Å²) in [6.07, 6.45) is -3.39. The number of aryl methyl sites for hydroxylation is 1. The third-order valence-corrected chi connectivity index (χ3v) is 5.64. The second-order valence-electron chi connectivity index (χ2n) is 8.23. The minimum Gasteiger partial charge on any atom is -0.466 e. The number of halogens is 3. The molecule has 0 spiro atoms. The quantitative estimate of drug-likeness (QED) is 0.396. The topological polar surface area (TPSA) is 109 Å². The lowest BCUT2D eigenvalue weighted by Crippen LogP contribution is -2.46. The van der Waals surface area contributed by atoms with Gasteiger partial charge in [0.15, 0.2) is 0 Å². The number of hydrogen-bond donors (Lipinski definition) is 2. The number of alkyl halides is 3. The Hall–Kier alpha value is -4.09. The number of anilines is 1. The van der Waals surface area contributed by atoms with Crippen molar-refractivity contribution in [2.75, 3.05) is 24.6 Å². The van der Waals surface area contributed by atoms with Gasteiger partial charge in [0, 0.05) is 37.8 Å². The van der Waals surface area contributed by atoms with Gasteiger partial charge >= 0.3 is 18.2 Å². The van der Waals surface area contributed by atoms with Crippen LogP contribution < -0.4 is 15.8 Å². The lowest BCUT2D eigenvalue weighted by atomic mass is 10.1. The van der Waals surface area contributed by atoms with Crippen molar-refractivity contribution in [1.82, 2.24) is 14.9 Å². The van der Waals surface area contributed by atoms with E-state index in [1.807, 2.05) is 0 Å². The van der Waals surface area contributed by atoms with Crippen molar-refractivity contribution >= 4 is 34.6 Å². The van der Waals surface area contributed by atoms with Gasteiger partial charge in [-0.1, -0.05) is 6.07 Å². The summed E-state index contributed by atoms with van der Waals surface area (Å²) < 4.78 is 45.9. The number of benzene rings is 2. The molecule has 0 saturated carbocycles. The fourth-order valence-corrected chi connectivity index (χ4v) is 3.95. The van der Waals surface area contributed by atoms with E-state index in [1.54, 1.807) is 27.7 Å². The molecule has 2 N–H and O–H groups in total. The maximum Gasteiger partial charge on any atom is 0.416 e. The molecule has 0 atom stereocenters. The maximum atomic E-state index is 13.1. The molecule has 0 unspecified atom stereocenters. The first kappa shape index (κ1) is 25.0. The molecule has 9 nitrogen and oxygen atoms in total. The second-order valence-corrected chi connectivity index (χ2v) is 8.23. The average Bonchev–Trinajstić information content (AvgIpc) is 3.17. The Morgan fingerprint density at radius 2 is 1.97 bits per heavy atom. The number of H-pyrrole nitrogens is 1. The summed E-state index contributed by atoms with van der Waals surface area (Å²) in [5, 5.41) is 2.78. The van der Waals surface area contributed by atoms with Gasteiger partial charge in [-0.3, -0.25) is 14.5 Å². The van der Waals surface area contributed by atoms with E-state index in [4.69, 9.17) is 4.74 Å². The number of amides is 3. The third kappa shape index (κ3) is 5.58. The number of hydrogen-bond acceptors (Lipinski definition) is 4. The van der Waals surface area contributed by atoms with Gasteiger partial charge < -0.3 is 19.6 Å². The zero-order chi connectivity index (χ0) is 25.9. The molecule has 3 amide bonds. The molecule has 0 radical (unpaired) electrons. The Labute approximate surface area is 203 Å². The van der Waals surface area contributed by atoms with Gasteiger partial charge in [-0.15, -0.1) is 0 Å². The summed E-state index contributed by atoms with van der Waals surface area (Å²) in [6, 6.07) is 9.12. The van der Waals surface area contributed by atoms with Crippen molar-refractivity contribution in [2.45, 2.75) is 32.5 Å². The van der Waals surface area contributed by atoms with Crippen LogP contribution >= 0.6 is 0 Å². The zero-order valence-corrected chi connectivity index (χ0v) is 19.4. The largest absolute Gasteiger partial charge is 0.466 e. The number of nitrogens with one attached hydrogen (secondary N) is 2. The van der Waals surface area contributed by atoms with Gasteiger partial charge in [0.25, 0.3) is 5.91 Å². The van der Waals surface area contributed by atoms with E-state index in [1.165, 1.54) is 13.0 Å². The molecule has 1 aromatic heterocycles. The van der Waals surface area contributed by atoms with Gasteiger partial charge in [-0.05, 0) is 49.2 Å². The van der Waals surface area contributed by atoms with Crippen LogP contribution in [0.3, 0.4) is 0 Å². The van der Waals surface area contributed by atoms with Crippen molar-refractivity contribution in [2.24, 2.45) is 4.99 Å². The smallest absolute Gasteiger partial charge is 0.416 e. The first-order valence-corrected chi connectivity index (χ1v) is 11.3. The van der Waals surface area contributed by atoms with Gasteiger partial charge in [-0.2, -0.15) is 18.2 Å². The molecule has 1 fully saturated rings. The van der Waals surface area contributed by atoms with E-state index in [2.05, 4.69) is 15.3 Å². The average molecular weight is 503 g/mol. The van der Waals surface area contributed by atoms with Crippen molar-refractivity contribution in [3.63, 3.8) is 0 Å². The number of aromatic nitrogens is 2. The first-order valence-electron chi connectivity index (χ1n) is 11.3. The molecule has 12 heteroatoms. The lowest BCUT2D eigenvalue weighted by Gasteiger charge is -2.27. The predicted molar refractivity (Wildman–Crippen MR) is 124 cm³/mol. The van der Waals surface area contributed by atoms with E-state index >= 15 is 0 Å². The number of carbonyl (C=O) groups is 3. The summed E-state index contributed by atoms with van der Waals surface area (Å²) in [5.41, 5.74) is 0.849. The highest BCUT2D eigenvalue weighted by Crippen LogP contribution is 2.29. The standard InChI is InChI=1S/C24H24F3N5O4/c1-15(33)36-12-4-11-32-20-8-7-18(31-10-3-9-28-23(31)35)14-19(20)29-22(32)30-21(34)16-5-2-6-17(13-16)24(25,26)27/h2,5-8,13-14H,3-4,9-12H2,1H3,(H,28,35)(H,29,30,34). The highest BCUT2D eigenvalue weighted by molar-refractivity contribution is 5.96. The Morgan fingerprint density at radius 1 is 1.17 bits per heavy atom. The summed E-state index contributed by atoms with van der Waals surface area (Å²) in [6.45, 7) is 2.90. The number of imidazole rings is 1. The van der Waals surface area contributed by atoms with Crippen molar-refractivity contribution in [3.05, 3.63) is 59.2 Å². The van der Waals surface area contributed by atoms with Crippen LogP contribution in [0.15, 0.2) is 47.5 Å². The van der Waals surface area contributed by atoms with E-state index in [9.17, 15) is 27.6 Å². The molecule has 1 aliphatic rings. The number of ether oxygens (including phenoxy) is 1. The second kappa shape index (κ2) is 10.3. The van der Waals surface area contributed by atoms with Crippen LogP contribution in [0, 0.1) is 0 Å². The summed E-state index contributed by atoms with van der Waals surface area (Å²) in [5.74, 6) is -1.27. The van der Waals surface area contributed by atoms with E-state index in [-0.39, 0.29) is 23.8 Å². The summed E-state index contributed by atoms with van der Waals surface area (Å²) in [4.78, 5) is 44.8. The molecule has 36 heavy (non-hydrogen) atoms. The van der Waals surface area contributed by atoms with Crippen molar-refractivity contribution in [1.29, 1.82) is 0 Å². The van der Waals surface area contributed by atoms with E-state index in [0.717, 1.165) is 24.6 Å². The molecule has 2 aromatic carbocycles. The van der Waals surface area contributed by atoms with Crippen LogP contribution in [-0.2, 0) is 22.3 Å². The maximum absolute atomic E-state index is 13.1. The molecular weight excluding hydrogens is 479 g/mol. The van der Waals surface area contributed by atoms with Gasteiger partial charge in [-0.25, -0.2) is 4.79 Å². The molecule has 0 bridgehead atoms. The Morgan fingerprint density at radius 3 is 2.69 bits per heavy atom. The summed E-state index contributed by atoms with van der Waals surface area (Å²) in [7, 11) is 0. The zero-order valence-electron chi connectivity index (χ0n) is 19.4. The van der Waals surface area contributed by atoms with Crippen LogP contribution in [0.2, 0.25) is 0 Å². The molecule has 1 saturated heterocycles. The van der Waals surface area contributed by atoms with Gasteiger partial charge in [0.2, 0.25) is 5.62 Å². The highest BCUT2D eigenvalue weighted by Gasteiger charge is 2.31. The van der Waals surface area contributed by atoms with E-state index < -0.39 is 23.6 Å².